The van der Waals surface area contributed by atoms with E-state index in [0.29, 0.717) is 0 Å². The lowest BCUT2D eigenvalue weighted by molar-refractivity contribution is 0.588. The molecule has 2 nitrogen and oxygen atoms in total. The number of pyridine rings is 1. The standard InChI is InChI=1S/C15H22N2/c1-4-6-8-13(3)15(17-10-5-2)14-9-7-11-16-12-14/h4,6-9,11-12,15,17H,5,10H2,1-3H3/b6-4-,13-8+. The molecule has 1 unspecified atom stereocenters. The summed E-state index contributed by atoms with van der Waals surface area (Å²) in [5, 5.41) is 3.55. The Balaban J connectivity index is 2.87. The van der Waals surface area contributed by atoms with E-state index in [4.69, 9.17) is 0 Å². The van der Waals surface area contributed by atoms with E-state index >= 15 is 0 Å². The zero-order valence-electron chi connectivity index (χ0n) is 11.0. The summed E-state index contributed by atoms with van der Waals surface area (Å²) in [7, 11) is 0. The fraction of sp³-hybridized carbons (Fsp3) is 0.400. The van der Waals surface area contributed by atoms with E-state index in [1.807, 2.05) is 31.5 Å². The first-order valence-corrected chi connectivity index (χ1v) is 6.22. The smallest absolute Gasteiger partial charge is 0.0551 e. The Labute approximate surface area is 104 Å². The second-order valence-corrected chi connectivity index (χ2v) is 4.11. The molecule has 0 spiro atoms. The molecule has 0 aliphatic carbocycles. The van der Waals surface area contributed by atoms with Gasteiger partial charge in [0.05, 0.1) is 6.04 Å². The molecule has 0 bridgehead atoms. The fourth-order valence-corrected chi connectivity index (χ4v) is 1.72. The molecule has 1 aromatic rings. The largest absolute Gasteiger partial charge is 0.306 e. The van der Waals surface area contributed by atoms with E-state index in [9.17, 15) is 0 Å². The second-order valence-electron chi connectivity index (χ2n) is 4.11. The topological polar surface area (TPSA) is 24.9 Å². The first-order chi connectivity index (χ1) is 8.29. The van der Waals surface area contributed by atoms with Crippen LogP contribution in [-0.2, 0) is 0 Å². The van der Waals surface area contributed by atoms with Crippen molar-refractivity contribution in [3.05, 3.63) is 53.9 Å². The number of nitrogens with one attached hydrogen (secondary N) is 1. The van der Waals surface area contributed by atoms with E-state index in [1.54, 1.807) is 0 Å². The van der Waals surface area contributed by atoms with Gasteiger partial charge in [0.25, 0.3) is 0 Å². The summed E-state index contributed by atoms with van der Waals surface area (Å²) in [5.74, 6) is 0. The SMILES string of the molecule is C/C=C\C=C(/C)C(NCCC)c1cccnc1. The van der Waals surface area contributed by atoms with Crippen LogP contribution in [0.1, 0.15) is 38.8 Å². The molecular formula is C15H22N2. The summed E-state index contributed by atoms with van der Waals surface area (Å²) in [6.07, 6.45) is 11.1. The van der Waals surface area contributed by atoms with Gasteiger partial charge < -0.3 is 5.32 Å². The van der Waals surface area contributed by atoms with Crippen LogP contribution >= 0.6 is 0 Å². The van der Waals surface area contributed by atoms with Gasteiger partial charge in [-0.25, -0.2) is 0 Å². The second kappa shape index (κ2) is 7.80. The van der Waals surface area contributed by atoms with Crippen molar-refractivity contribution in [3.8, 4) is 0 Å². The van der Waals surface area contributed by atoms with E-state index < -0.39 is 0 Å². The molecule has 0 aliphatic rings. The van der Waals surface area contributed by atoms with Gasteiger partial charge in [-0.3, -0.25) is 4.98 Å². The molecule has 0 saturated heterocycles. The third-order valence-electron chi connectivity index (χ3n) is 2.62. The molecule has 1 aromatic heterocycles. The Kier molecular flexibility index (Phi) is 6.26. The molecule has 1 heterocycles. The molecule has 0 amide bonds. The molecule has 0 fully saturated rings. The summed E-state index contributed by atoms with van der Waals surface area (Å²) < 4.78 is 0. The Bertz CT molecular complexity index is 366. The lowest BCUT2D eigenvalue weighted by atomic mass is 10.0. The molecule has 92 valence electrons. The van der Waals surface area contributed by atoms with Gasteiger partial charge in [0, 0.05) is 12.4 Å². The normalized spacial score (nSPS) is 14.2. The summed E-state index contributed by atoms with van der Waals surface area (Å²) in [6.45, 7) is 7.38. The highest BCUT2D eigenvalue weighted by atomic mass is 14.9. The first-order valence-electron chi connectivity index (χ1n) is 6.22. The Morgan fingerprint density at radius 3 is 2.94 bits per heavy atom. The molecule has 17 heavy (non-hydrogen) atoms. The van der Waals surface area contributed by atoms with Crippen LogP contribution < -0.4 is 5.32 Å². The molecule has 1 rings (SSSR count). The molecular weight excluding hydrogens is 208 g/mol. The van der Waals surface area contributed by atoms with Crippen LogP contribution in [0, 0.1) is 0 Å². The van der Waals surface area contributed by atoms with Gasteiger partial charge >= 0.3 is 0 Å². The van der Waals surface area contributed by atoms with Gasteiger partial charge in [-0.15, -0.1) is 0 Å². The third-order valence-corrected chi connectivity index (χ3v) is 2.62. The maximum Gasteiger partial charge on any atom is 0.0551 e. The zero-order valence-corrected chi connectivity index (χ0v) is 11.0. The van der Waals surface area contributed by atoms with E-state index in [-0.39, 0.29) is 6.04 Å². The Morgan fingerprint density at radius 2 is 2.35 bits per heavy atom. The molecule has 1 N–H and O–H groups in total. The van der Waals surface area contributed by atoms with Crippen LogP contribution in [0.15, 0.2) is 48.3 Å². The van der Waals surface area contributed by atoms with Crippen molar-refractivity contribution in [2.75, 3.05) is 6.54 Å². The van der Waals surface area contributed by atoms with Crippen LogP contribution in [0.4, 0.5) is 0 Å². The first kappa shape index (κ1) is 13.7. The lowest BCUT2D eigenvalue weighted by Crippen LogP contribution is -2.23. The van der Waals surface area contributed by atoms with Crippen molar-refractivity contribution < 1.29 is 0 Å². The van der Waals surface area contributed by atoms with E-state index in [1.165, 1.54) is 11.1 Å². The molecule has 1 atom stereocenters. The van der Waals surface area contributed by atoms with E-state index in [2.05, 4.69) is 42.4 Å². The molecule has 0 saturated carbocycles. The zero-order chi connectivity index (χ0) is 12.5. The van der Waals surface area contributed by atoms with Crippen LogP contribution in [0.25, 0.3) is 0 Å². The Morgan fingerprint density at radius 1 is 1.53 bits per heavy atom. The van der Waals surface area contributed by atoms with Gasteiger partial charge in [0.1, 0.15) is 0 Å². The van der Waals surface area contributed by atoms with Crippen molar-refractivity contribution in [2.45, 2.75) is 33.2 Å². The van der Waals surface area contributed by atoms with Crippen molar-refractivity contribution >= 4 is 0 Å². The number of rotatable bonds is 6. The van der Waals surface area contributed by atoms with Gasteiger partial charge in [0.2, 0.25) is 0 Å². The minimum absolute atomic E-state index is 0.264. The molecule has 2 heteroatoms. The minimum Gasteiger partial charge on any atom is -0.306 e. The van der Waals surface area contributed by atoms with Crippen LogP contribution in [0.5, 0.6) is 0 Å². The highest BCUT2D eigenvalue weighted by Crippen LogP contribution is 2.20. The fourth-order valence-electron chi connectivity index (χ4n) is 1.72. The van der Waals surface area contributed by atoms with Crippen LogP contribution in [0.2, 0.25) is 0 Å². The highest BCUT2D eigenvalue weighted by molar-refractivity contribution is 5.26. The maximum absolute atomic E-state index is 4.19. The van der Waals surface area contributed by atoms with Crippen LogP contribution in [0.3, 0.4) is 0 Å². The average molecular weight is 230 g/mol. The molecule has 0 aliphatic heterocycles. The third kappa shape index (κ3) is 4.53. The summed E-state index contributed by atoms with van der Waals surface area (Å²) in [6, 6.07) is 4.37. The number of hydrogen-bond acceptors (Lipinski definition) is 2. The molecule has 0 radical (unpaired) electrons. The predicted molar refractivity (Wildman–Crippen MR) is 73.8 cm³/mol. The van der Waals surface area contributed by atoms with Crippen LogP contribution in [-0.4, -0.2) is 11.5 Å². The number of allylic oxidation sites excluding steroid dienone is 3. The van der Waals surface area contributed by atoms with Gasteiger partial charge in [0.15, 0.2) is 0 Å². The highest BCUT2D eigenvalue weighted by Gasteiger charge is 2.11. The van der Waals surface area contributed by atoms with E-state index in [0.717, 1.165) is 13.0 Å². The molecule has 0 aromatic carbocycles. The minimum atomic E-state index is 0.264. The van der Waals surface area contributed by atoms with Crippen molar-refractivity contribution in [1.82, 2.24) is 10.3 Å². The summed E-state index contributed by atoms with van der Waals surface area (Å²) in [5.41, 5.74) is 2.53. The average Bonchev–Trinajstić information content (AvgIpc) is 2.38. The number of hydrogen-bond donors (Lipinski definition) is 1. The van der Waals surface area contributed by atoms with Crippen molar-refractivity contribution in [3.63, 3.8) is 0 Å². The number of nitrogens with zero attached hydrogens (tertiary/aromatic N) is 1. The summed E-state index contributed by atoms with van der Waals surface area (Å²) in [4.78, 5) is 4.19. The summed E-state index contributed by atoms with van der Waals surface area (Å²) >= 11 is 0. The van der Waals surface area contributed by atoms with Gasteiger partial charge in [-0.1, -0.05) is 36.8 Å². The number of aromatic nitrogens is 1. The van der Waals surface area contributed by atoms with Crippen molar-refractivity contribution in [1.29, 1.82) is 0 Å². The van der Waals surface area contributed by atoms with Crippen molar-refractivity contribution in [2.24, 2.45) is 0 Å². The lowest BCUT2D eigenvalue weighted by Gasteiger charge is -2.19. The quantitative estimate of drug-likeness (QED) is 0.755. The Hall–Kier alpha value is -1.41. The monoisotopic (exact) mass is 230 g/mol. The maximum atomic E-state index is 4.19. The van der Waals surface area contributed by atoms with Gasteiger partial charge in [-0.2, -0.15) is 0 Å². The predicted octanol–water partition coefficient (Wildman–Crippen LogP) is 3.64. The van der Waals surface area contributed by atoms with Gasteiger partial charge in [-0.05, 0) is 38.4 Å².